The van der Waals surface area contributed by atoms with Crippen molar-refractivity contribution in [2.24, 2.45) is 0 Å². The van der Waals surface area contributed by atoms with Crippen molar-refractivity contribution in [3.8, 4) is 0 Å². The van der Waals surface area contributed by atoms with Crippen LogP contribution in [0.25, 0.3) is 0 Å². The van der Waals surface area contributed by atoms with Gasteiger partial charge in [-0.15, -0.1) is 23.4 Å². The van der Waals surface area contributed by atoms with Gasteiger partial charge >= 0.3 is 11.9 Å². The Morgan fingerprint density at radius 1 is 1.13 bits per heavy atom. The number of thioether (sulfide) groups is 1. The van der Waals surface area contributed by atoms with Gasteiger partial charge in [0.05, 0.1) is 11.8 Å². The van der Waals surface area contributed by atoms with Crippen LogP contribution < -0.4 is 0 Å². The molecular formula is C23H22ClNO5S. The number of carbonyl (C=O) groups excluding carboxylic acids is 3. The topological polar surface area (TPSA) is 72.9 Å². The number of fused-ring (bicyclic) bond motifs is 1. The number of halogens is 1. The number of amides is 1. The van der Waals surface area contributed by atoms with Gasteiger partial charge in [-0.2, -0.15) is 0 Å². The average molecular weight is 460 g/mol. The average Bonchev–Trinajstić information content (AvgIpc) is 2.78. The molecule has 0 aliphatic carbocycles. The highest BCUT2D eigenvalue weighted by Gasteiger charge is 2.59. The van der Waals surface area contributed by atoms with Crippen LogP contribution in [0.4, 0.5) is 0 Å². The van der Waals surface area contributed by atoms with E-state index in [1.165, 1.54) is 16.7 Å². The summed E-state index contributed by atoms with van der Waals surface area (Å²) in [6.07, 6.45) is -0.304. The maximum absolute atomic E-state index is 13.5. The molecule has 3 atom stereocenters. The third-order valence-electron chi connectivity index (χ3n) is 5.48. The molecule has 0 saturated carbocycles. The number of ether oxygens (including phenoxy) is 2. The fourth-order valence-electron chi connectivity index (χ4n) is 3.99. The van der Waals surface area contributed by atoms with E-state index in [-0.39, 0.29) is 17.2 Å². The Hall–Kier alpha value is -2.51. The second-order valence-electron chi connectivity index (χ2n) is 7.73. The Balaban J connectivity index is 1.67. The summed E-state index contributed by atoms with van der Waals surface area (Å²) in [5, 5.41) is -0.125. The van der Waals surface area contributed by atoms with Gasteiger partial charge in [-0.1, -0.05) is 60.7 Å². The lowest BCUT2D eigenvalue weighted by Crippen LogP contribution is -2.71. The number of alkyl halides is 1. The van der Waals surface area contributed by atoms with E-state index in [2.05, 4.69) is 0 Å². The third kappa shape index (κ3) is 4.29. The van der Waals surface area contributed by atoms with Crippen LogP contribution in [0, 0.1) is 0 Å². The molecule has 162 valence electrons. The van der Waals surface area contributed by atoms with Crippen LogP contribution in [0.5, 0.6) is 0 Å². The van der Waals surface area contributed by atoms with Gasteiger partial charge in [0.2, 0.25) is 5.91 Å². The van der Waals surface area contributed by atoms with Gasteiger partial charge in [0.1, 0.15) is 11.5 Å². The van der Waals surface area contributed by atoms with Gasteiger partial charge in [0.25, 0.3) is 0 Å². The Kier molecular flexibility index (Phi) is 6.25. The highest BCUT2D eigenvalue weighted by Crippen LogP contribution is 2.44. The van der Waals surface area contributed by atoms with Crippen molar-refractivity contribution in [1.29, 1.82) is 0 Å². The van der Waals surface area contributed by atoms with Crippen molar-refractivity contribution in [3.63, 3.8) is 0 Å². The van der Waals surface area contributed by atoms with E-state index in [1.54, 1.807) is 6.92 Å². The monoisotopic (exact) mass is 459 g/mol. The summed E-state index contributed by atoms with van der Waals surface area (Å²) in [4.78, 5) is 39.4. The van der Waals surface area contributed by atoms with Gasteiger partial charge in [-0.3, -0.25) is 9.59 Å². The van der Waals surface area contributed by atoms with Gasteiger partial charge in [0, 0.05) is 5.75 Å². The Morgan fingerprint density at radius 3 is 2.23 bits per heavy atom. The maximum atomic E-state index is 13.5. The Morgan fingerprint density at radius 2 is 1.71 bits per heavy atom. The molecule has 2 aliphatic heterocycles. The zero-order chi connectivity index (χ0) is 22.0. The molecule has 0 spiro atoms. The zero-order valence-corrected chi connectivity index (χ0v) is 18.5. The molecule has 2 aromatic rings. The van der Waals surface area contributed by atoms with E-state index in [4.69, 9.17) is 21.1 Å². The first-order chi connectivity index (χ1) is 14.9. The molecular weight excluding hydrogens is 438 g/mol. The van der Waals surface area contributed by atoms with Crippen LogP contribution in [-0.2, 0) is 23.9 Å². The Labute approximate surface area is 189 Å². The first-order valence-electron chi connectivity index (χ1n) is 9.94. The molecule has 2 heterocycles. The standard InChI is InChI=1S/C23H22ClNO5S/c1-23(30-19(27)13-24)14-31-18-12-17(26)25(18)21(23)22(28)29-20(15-8-4-2-5-9-15)16-10-6-3-7-11-16/h2-11,18,20-21H,12-14H2,1H3/t18-,21+,23?/m1/s1. The Bertz CT molecular complexity index is 933. The van der Waals surface area contributed by atoms with Crippen LogP contribution in [0.3, 0.4) is 0 Å². The van der Waals surface area contributed by atoms with Gasteiger partial charge in [-0.05, 0) is 18.1 Å². The predicted molar refractivity (Wildman–Crippen MR) is 118 cm³/mol. The third-order valence-corrected chi connectivity index (χ3v) is 7.22. The minimum Gasteiger partial charge on any atom is -0.455 e. The molecule has 0 N–H and O–H groups in total. The summed E-state index contributed by atoms with van der Waals surface area (Å²) >= 11 is 7.12. The van der Waals surface area contributed by atoms with Crippen molar-refractivity contribution in [2.45, 2.75) is 36.5 Å². The SMILES string of the molecule is CC1(OC(=O)CCl)CS[C@@H]2CC(=O)N2[C@H]1C(=O)OC(c1ccccc1)c1ccccc1. The quantitative estimate of drug-likeness (QED) is 0.374. The molecule has 8 heteroatoms. The van der Waals surface area contributed by atoms with Crippen LogP contribution in [0.15, 0.2) is 60.7 Å². The first-order valence-corrected chi connectivity index (χ1v) is 11.5. The summed E-state index contributed by atoms with van der Waals surface area (Å²) in [5.74, 6) is -1.39. The van der Waals surface area contributed by atoms with Crippen molar-refractivity contribution in [1.82, 2.24) is 4.90 Å². The molecule has 2 fully saturated rings. The molecule has 0 radical (unpaired) electrons. The molecule has 1 amide bonds. The number of hydrogen-bond acceptors (Lipinski definition) is 6. The highest BCUT2D eigenvalue weighted by molar-refractivity contribution is 8.00. The van der Waals surface area contributed by atoms with Gasteiger partial charge in [-0.25, -0.2) is 4.79 Å². The highest BCUT2D eigenvalue weighted by atomic mass is 35.5. The van der Waals surface area contributed by atoms with Crippen molar-refractivity contribution in [3.05, 3.63) is 71.8 Å². The van der Waals surface area contributed by atoms with Crippen molar-refractivity contribution < 1.29 is 23.9 Å². The lowest BCUT2D eigenvalue weighted by molar-refractivity contribution is -0.186. The summed E-state index contributed by atoms with van der Waals surface area (Å²) in [7, 11) is 0. The predicted octanol–water partition coefficient (Wildman–Crippen LogP) is 3.53. The molecule has 6 nitrogen and oxygen atoms in total. The molecule has 0 bridgehead atoms. The van der Waals surface area contributed by atoms with Crippen LogP contribution in [0.1, 0.15) is 30.6 Å². The van der Waals surface area contributed by atoms with Crippen molar-refractivity contribution in [2.75, 3.05) is 11.6 Å². The number of hydrogen-bond donors (Lipinski definition) is 0. The second kappa shape index (κ2) is 8.93. The lowest BCUT2D eigenvalue weighted by atomic mass is 9.92. The normalized spacial score (nSPS) is 24.9. The second-order valence-corrected chi connectivity index (χ2v) is 9.17. The maximum Gasteiger partial charge on any atom is 0.334 e. The van der Waals surface area contributed by atoms with Crippen LogP contribution >= 0.6 is 23.4 Å². The molecule has 2 saturated heterocycles. The molecule has 4 rings (SSSR count). The minimum atomic E-state index is -1.24. The molecule has 2 aromatic carbocycles. The molecule has 2 aliphatic rings. The summed E-state index contributed by atoms with van der Waals surface area (Å²) < 4.78 is 11.6. The number of nitrogens with zero attached hydrogens (tertiary/aromatic N) is 1. The number of esters is 2. The van der Waals surface area contributed by atoms with Crippen LogP contribution in [-0.4, -0.2) is 51.4 Å². The minimum absolute atomic E-state index is 0.125. The first kappa shape index (κ1) is 21.7. The van der Waals surface area contributed by atoms with E-state index in [9.17, 15) is 14.4 Å². The lowest BCUT2D eigenvalue weighted by Gasteiger charge is -2.53. The molecule has 31 heavy (non-hydrogen) atoms. The van der Waals surface area contributed by atoms with E-state index in [1.807, 2.05) is 60.7 Å². The summed E-state index contributed by atoms with van der Waals surface area (Å²) in [6.45, 7) is 1.65. The number of carbonyl (C=O) groups is 3. The van der Waals surface area contributed by atoms with Gasteiger partial charge < -0.3 is 14.4 Å². The summed E-state index contributed by atoms with van der Waals surface area (Å²) in [6, 6.07) is 17.7. The molecule has 0 aromatic heterocycles. The number of β-lactam (4-membered cyclic amide) rings is 1. The number of benzene rings is 2. The van der Waals surface area contributed by atoms with Gasteiger partial charge in [0.15, 0.2) is 12.1 Å². The van der Waals surface area contributed by atoms with Crippen molar-refractivity contribution >= 4 is 41.2 Å². The van der Waals surface area contributed by atoms with E-state index < -0.39 is 29.7 Å². The summed E-state index contributed by atoms with van der Waals surface area (Å²) in [5.41, 5.74) is 0.370. The smallest absolute Gasteiger partial charge is 0.334 e. The van der Waals surface area contributed by atoms with E-state index in [0.717, 1.165) is 11.1 Å². The molecule has 1 unspecified atom stereocenters. The van der Waals surface area contributed by atoms with E-state index >= 15 is 0 Å². The fourth-order valence-corrected chi connectivity index (χ4v) is 5.44. The van der Waals surface area contributed by atoms with Crippen LogP contribution in [0.2, 0.25) is 0 Å². The number of rotatable bonds is 6. The largest absolute Gasteiger partial charge is 0.455 e. The zero-order valence-electron chi connectivity index (χ0n) is 16.9. The van der Waals surface area contributed by atoms with E-state index in [0.29, 0.717) is 12.2 Å². The fraction of sp³-hybridized carbons (Fsp3) is 0.348.